The van der Waals surface area contributed by atoms with Crippen LogP contribution in [-0.4, -0.2) is 13.3 Å². The van der Waals surface area contributed by atoms with Crippen molar-refractivity contribution >= 4 is 0 Å². The standard InChI is InChI=1S/C9H7F5O/c1-15-7-4-2-6(3-5-7)8(10,11)9(12,13)14/h2-5H,1H3. The van der Waals surface area contributed by atoms with Gasteiger partial charge < -0.3 is 4.74 Å². The summed E-state index contributed by atoms with van der Waals surface area (Å²) in [6.07, 6.45) is -5.58. The molecule has 1 aromatic carbocycles. The van der Waals surface area contributed by atoms with E-state index in [4.69, 9.17) is 0 Å². The van der Waals surface area contributed by atoms with Crippen molar-refractivity contribution in [3.8, 4) is 5.75 Å². The Morgan fingerprint density at radius 2 is 1.40 bits per heavy atom. The Labute approximate surface area is 82.5 Å². The second kappa shape index (κ2) is 3.67. The maximum absolute atomic E-state index is 12.7. The number of rotatable bonds is 2. The summed E-state index contributed by atoms with van der Waals surface area (Å²) < 4.78 is 65.9. The molecule has 0 atom stereocenters. The van der Waals surface area contributed by atoms with Crippen LogP contribution >= 0.6 is 0 Å². The molecule has 0 aliphatic rings. The molecule has 84 valence electrons. The zero-order chi connectivity index (χ0) is 11.7. The Morgan fingerprint density at radius 1 is 0.933 bits per heavy atom. The third-order valence-corrected chi connectivity index (χ3v) is 1.81. The van der Waals surface area contributed by atoms with E-state index in [1.165, 1.54) is 7.11 Å². The van der Waals surface area contributed by atoms with Gasteiger partial charge in [0.1, 0.15) is 5.75 Å². The largest absolute Gasteiger partial charge is 0.497 e. The van der Waals surface area contributed by atoms with Gasteiger partial charge >= 0.3 is 12.1 Å². The first-order valence-electron chi connectivity index (χ1n) is 3.88. The summed E-state index contributed by atoms with van der Waals surface area (Å²) in [5.74, 6) is -4.61. The van der Waals surface area contributed by atoms with Crippen molar-refractivity contribution in [1.82, 2.24) is 0 Å². The Hall–Kier alpha value is -1.33. The van der Waals surface area contributed by atoms with E-state index in [-0.39, 0.29) is 5.75 Å². The minimum absolute atomic E-state index is 0.219. The Morgan fingerprint density at radius 3 is 1.73 bits per heavy atom. The molecule has 0 bridgehead atoms. The molecule has 0 aromatic heterocycles. The zero-order valence-electron chi connectivity index (χ0n) is 7.61. The third kappa shape index (κ3) is 2.19. The lowest BCUT2D eigenvalue weighted by atomic mass is 10.1. The second-order valence-electron chi connectivity index (χ2n) is 2.80. The lowest BCUT2D eigenvalue weighted by Gasteiger charge is -2.19. The number of alkyl halides is 5. The highest BCUT2D eigenvalue weighted by Gasteiger charge is 2.58. The van der Waals surface area contributed by atoms with Gasteiger partial charge in [0.05, 0.1) is 7.11 Å². The van der Waals surface area contributed by atoms with E-state index in [1.807, 2.05) is 0 Å². The van der Waals surface area contributed by atoms with Gasteiger partial charge in [0, 0.05) is 5.56 Å². The van der Waals surface area contributed by atoms with Gasteiger partial charge in [-0.3, -0.25) is 0 Å². The highest BCUT2D eigenvalue weighted by atomic mass is 19.4. The van der Waals surface area contributed by atoms with Crippen LogP contribution in [0.3, 0.4) is 0 Å². The molecule has 0 N–H and O–H groups in total. The van der Waals surface area contributed by atoms with Gasteiger partial charge in [0.25, 0.3) is 0 Å². The predicted molar refractivity (Wildman–Crippen MR) is 42.9 cm³/mol. The molecule has 0 fully saturated rings. The van der Waals surface area contributed by atoms with Crippen LogP contribution in [0.4, 0.5) is 22.0 Å². The topological polar surface area (TPSA) is 9.23 Å². The predicted octanol–water partition coefficient (Wildman–Crippen LogP) is 3.35. The molecule has 0 saturated carbocycles. The molecule has 1 nitrogen and oxygen atoms in total. The van der Waals surface area contributed by atoms with Gasteiger partial charge in [0.2, 0.25) is 0 Å². The molecule has 15 heavy (non-hydrogen) atoms. The van der Waals surface area contributed by atoms with Crippen molar-refractivity contribution in [2.45, 2.75) is 12.1 Å². The quantitative estimate of drug-likeness (QED) is 0.702. The van der Waals surface area contributed by atoms with Crippen molar-refractivity contribution in [3.05, 3.63) is 29.8 Å². The first-order valence-corrected chi connectivity index (χ1v) is 3.88. The SMILES string of the molecule is COc1ccc(C(F)(F)C(F)(F)F)cc1. The fourth-order valence-electron chi connectivity index (χ4n) is 0.964. The third-order valence-electron chi connectivity index (χ3n) is 1.81. The highest BCUT2D eigenvalue weighted by Crippen LogP contribution is 2.43. The monoisotopic (exact) mass is 226 g/mol. The number of hydrogen-bond donors (Lipinski definition) is 0. The van der Waals surface area contributed by atoms with E-state index in [9.17, 15) is 22.0 Å². The van der Waals surface area contributed by atoms with Crippen LogP contribution in [0.25, 0.3) is 0 Å². The molecular formula is C9H7F5O. The van der Waals surface area contributed by atoms with Crippen LogP contribution in [-0.2, 0) is 5.92 Å². The summed E-state index contributed by atoms with van der Waals surface area (Å²) in [6.45, 7) is 0. The minimum Gasteiger partial charge on any atom is -0.497 e. The summed E-state index contributed by atoms with van der Waals surface area (Å²) in [6, 6.07) is 3.47. The lowest BCUT2D eigenvalue weighted by molar-refractivity contribution is -0.289. The molecule has 1 rings (SSSR count). The van der Waals surface area contributed by atoms with Crippen LogP contribution in [0.5, 0.6) is 5.75 Å². The lowest BCUT2D eigenvalue weighted by Crippen LogP contribution is -2.33. The Kier molecular flexibility index (Phi) is 2.88. The van der Waals surface area contributed by atoms with Crippen molar-refractivity contribution < 1.29 is 26.7 Å². The molecule has 6 heteroatoms. The molecule has 0 aliphatic heterocycles. The number of methoxy groups -OCH3 is 1. The molecule has 0 aliphatic carbocycles. The van der Waals surface area contributed by atoms with Crippen molar-refractivity contribution in [2.24, 2.45) is 0 Å². The van der Waals surface area contributed by atoms with Gasteiger partial charge in [-0.15, -0.1) is 0 Å². The zero-order valence-corrected chi connectivity index (χ0v) is 7.61. The average molecular weight is 226 g/mol. The normalized spacial score (nSPS) is 12.7. The van der Waals surface area contributed by atoms with E-state index >= 15 is 0 Å². The fourth-order valence-corrected chi connectivity index (χ4v) is 0.964. The van der Waals surface area contributed by atoms with E-state index in [0.29, 0.717) is 12.1 Å². The Balaban J connectivity index is 3.06. The maximum atomic E-state index is 12.7. The molecule has 1 aromatic rings. The Bertz CT molecular complexity index is 327. The first kappa shape index (κ1) is 11.7. The fraction of sp³-hybridized carbons (Fsp3) is 0.333. The second-order valence-corrected chi connectivity index (χ2v) is 2.80. The molecule has 0 unspecified atom stereocenters. The number of benzene rings is 1. The van der Waals surface area contributed by atoms with Crippen LogP contribution in [0, 0.1) is 0 Å². The summed E-state index contributed by atoms with van der Waals surface area (Å²) in [7, 11) is 1.29. The van der Waals surface area contributed by atoms with Crippen LogP contribution in [0.15, 0.2) is 24.3 Å². The summed E-state index contributed by atoms with van der Waals surface area (Å²) in [4.78, 5) is 0. The first-order chi connectivity index (χ1) is 6.79. The van der Waals surface area contributed by atoms with Crippen LogP contribution in [0.1, 0.15) is 5.56 Å². The van der Waals surface area contributed by atoms with Gasteiger partial charge in [-0.1, -0.05) is 0 Å². The maximum Gasteiger partial charge on any atom is 0.458 e. The number of halogens is 5. The average Bonchev–Trinajstić information content (AvgIpc) is 2.16. The van der Waals surface area contributed by atoms with Crippen molar-refractivity contribution in [2.75, 3.05) is 7.11 Å². The molecule has 0 radical (unpaired) electrons. The van der Waals surface area contributed by atoms with E-state index in [2.05, 4.69) is 4.74 Å². The van der Waals surface area contributed by atoms with Gasteiger partial charge in [0.15, 0.2) is 0 Å². The molecule has 0 amide bonds. The summed E-state index contributed by atoms with van der Waals surface area (Å²) in [5, 5.41) is 0. The molecular weight excluding hydrogens is 219 g/mol. The van der Waals surface area contributed by atoms with Crippen LogP contribution in [0.2, 0.25) is 0 Å². The molecule has 0 spiro atoms. The van der Waals surface area contributed by atoms with E-state index < -0.39 is 17.7 Å². The summed E-state index contributed by atoms with van der Waals surface area (Å²) in [5.41, 5.74) is -1.10. The van der Waals surface area contributed by atoms with Crippen molar-refractivity contribution in [3.63, 3.8) is 0 Å². The van der Waals surface area contributed by atoms with Gasteiger partial charge in [-0.25, -0.2) is 0 Å². The van der Waals surface area contributed by atoms with Gasteiger partial charge in [-0.05, 0) is 24.3 Å². The van der Waals surface area contributed by atoms with Gasteiger partial charge in [-0.2, -0.15) is 22.0 Å². The summed E-state index contributed by atoms with van der Waals surface area (Å²) >= 11 is 0. The minimum atomic E-state index is -5.58. The number of ether oxygens (including phenoxy) is 1. The smallest absolute Gasteiger partial charge is 0.458 e. The van der Waals surface area contributed by atoms with E-state index in [0.717, 1.165) is 12.1 Å². The van der Waals surface area contributed by atoms with Crippen molar-refractivity contribution in [1.29, 1.82) is 0 Å². The number of hydrogen-bond acceptors (Lipinski definition) is 1. The van der Waals surface area contributed by atoms with Crippen LogP contribution < -0.4 is 4.74 Å². The van der Waals surface area contributed by atoms with E-state index in [1.54, 1.807) is 0 Å². The highest BCUT2D eigenvalue weighted by molar-refractivity contribution is 5.30. The molecule has 0 heterocycles. The molecule has 0 saturated heterocycles.